The van der Waals surface area contributed by atoms with E-state index < -0.39 is 15.9 Å². The second kappa shape index (κ2) is 9.17. The number of benzene rings is 2. The first-order chi connectivity index (χ1) is 14.6. The topological polar surface area (TPSA) is 125 Å². The van der Waals surface area contributed by atoms with Crippen molar-refractivity contribution in [1.29, 1.82) is 0 Å². The van der Waals surface area contributed by atoms with Crippen molar-refractivity contribution in [1.82, 2.24) is 5.32 Å². The summed E-state index contributed by atoms with van der Waals surface area (Å²) in [7, 11) is -3.61. The highest BCUT2D eigenvalue weighted by Gasteiger charge is 2.22. The molecule has 2 aromatic carbocycles. The molecule has 10 heteroatoms. The summed E-state index contributed by atoms with van der Waals surface area (Å²) in [6.07, 6.45) is 2.34. The summed E-state index contributed by atoms with van der Waals surface area (Å²) in [5, 5.41) is 5.33. The molecule has 0 spiro atoms. The zero-order valence-electron chi connectivity index (χ0n) is 17.3. The number of rotatable bonds is 7. The molecule has 0 saturated carbocycles. The second-order valence-electron chi connectivity index (χ2n) is 7.32. The molecule has 9 nitrogen and oxygen atoms in total. The summed E-state index contributed by atoms with van der Waals surface area (Å²) in [4.78, 5) is 37.9. The summed E-state index contributed by atoms with van der Waals surface area (Å²) in [6.45, 7) is 2.18. The standard InChI is InChI=1S/C21H24N4O5S/c1-14(26)23-16-8-9-19(24-31(2,29)30)18(12-16)21(28)22-13-15-5-3-6-17(11-15)25-10-4-7-20(25)27/h3,5-6,8-9,11-12,24H,4,7,10,13H2,1-2H3,(H,22,28)(H,23,26). The molecule has 31 heavy (non-hydrogen) atoms. The van der Waals surface area contributed by atoms with Gasteiger partial charge in [-0.1, -0.05) is 12.1 Å². The Balaban J connectivity index is 1.79. The van der Waals surface area contributed by atoms with Crippen molar-refractivity contribution in [2.45, 2.75) is 26.3 Å². The Kier molecular flexibility index (Phi) is 6.59. The normalized spacial score (nSPS) is 13.7. The monoisotopic (exact) mass is 444 g/mol. The Hall–Kier alpha value is -3.40. The van der Waals surface area contributed by atoms with Crippen LogP contribution in [0.25, 0.3) is 0 Å². The van der Waals surface area contributed by atoms with Gasteiger partial charge in [0.15, 0.2) is 0 Å². The van der Waals surface area contributed by atoms with Crippen molar-refractivity contribution >= 4 is 44.8 Å². The van der Waals surface area contributed by atoms with Crippen LogP contribution in [0.4, 0.5) is 17.1 Å². The van der Waals surface area contributed by atoms with E-state index >= 15 is 0 Å². The zero-order valence-corrected chi connectivity index (χ0v) is 18.1. The molecule has 1 aliphatic rings. The maximum Gasteiger partial charge on any atom is 0.253 e. The first-order valence-corrected chi connectivity index (χ1v) is 11.6. The van der Waals surface area contributed by atoms with E-state index in [9.17, 15) is 22.8 Å². The van der Waals surface area contributed by atoms with Crippen LogP contribution < -0.4 is 20.3 Å². The summed E-state index contributed by atoms with van der Waals surface area (Å²) in [5.74, 6) is -0.753. The highest BCUT2D eigenvalue weighted by molar-refractivity contribution is 7.92. The van der Waals surface area contributed by atoms with Crippen molar-refractivity contribution in [3.63, 3.8) is 0 Å². The van der Waals surface area contributed by atoms with Crippen LogP contribution in [0.3, 0.4) is 0 Å². The SMILES string of the molecule is CC(=O)Nc1ccc(NS(C)(=O)=O)c(C(=O)NCc2cccc(N3CCCC3=O)c2)c1. The van der Waals surface area contributed by atoms with E-state index in [0.29, 0.717) is 18.7 Å². The van der Waals surface area contributed by atoms with Gasteiger partial charge in [-0.25, -0.2) is 8.42 Å². The van der Waals surface area contributed by atoms with Gasteiger partial charge in [-0.15, -0.1) is 0 Å². The van der Waals surface area contributed by atoms with Crippen molar-refractivity contribution in [2.24, 2.45) is 0 Å². The van der Waals surface area contributed by atoms with Gasteiger partial charge in [0.25, 0.3) is 5.91 Å². The van der Waals surface area contributed by atoms with Gasteiger partial charge in [0.05, 0.1) is 17.5 Å². The summed E-state index contributed by atoms with van der Waals surface area (Å²) >= 11 is 0. The third kappa shape index (κ3) is 6.05. The number of hydrogen-bond donors (Lipinski definition) is 3. The molecule has 3 N–H and O–H groups in total. The van der Waals surface area contributed by atoms with Gasteiger partial charge in [-0.2, -0.15) is 0 Å². The minimum Gasteiger partial charge on any atom is -0.348 e. The molecule has 3 amide bonds. The number of amides is 3. The average molecular weight is 445 g/mol. The molecule has 0 aromatic heterocycles. The van der Waals surface area contributed by atoms with E-state index in [1.54, 1.807) is 4.90 Å². The van der Waals surface area contributed by atoms with Gasteiger partial charge in [0.2, 0.25) is 21.8 Å². The molecule has 0 bridgehead atoms. The lowest BCUT2D eigenvalue weighted by Gasteiger charge is -2.17. The lowest BCUT2D eigenvalue weighted by molar-refractivity contribution is -0.117. The number of carbonyl (C=O) groups is 3. The van der Waals surface area contributed by atoms with Crippen LogP contribution in [0.5, 0.6) is 0 Å². The molecule has 2 aromatic rings. The first-order valence-electron chi connectivity index (χ1n) is 9.69. The van der Waals surface area contributed by atoms with E-state index in [-0.39, 0.29) is 29.6 Å². The van der Waals surface area contributed by atoms with E-state index in [1.807, 2.05) is 24.3 Å². The maximum atomic E-state index is 12.8. The van der Waals surface area contributed by atoms with Crippen molar-refractivity contribution in [2.75, 3.05) is 27.7 Å². The molecular formula is C21H24N4O5S. The number of nitrogens with zero attached hydrogens (tertiary/aromatic N) is 1. The number of sulfonamides is 1. The highest BCUT2D eigenvalue weighted by Crippen LogP contribution is 2.24. The summed E-state index contributed by atoms with van der Waals surface area (Å²) in [5.41, 5.74) is 2.11. The lowest BCUT2D eigenvalue weighted by atomic mass is 10.1. The van der Waals surface area contributed by atoms with E-state index in [0.717, 1.165) is 23.9 Å². The quantitative estimate of drug-likeness (QED) is 0.603. The Morgan fingerprint density at radius 1 is 1.13 bits per heavy atom. The fourth-order valence-corrected chi connectivity index (χ4v) is 3.91. The minimum atomic E-state index is -3.61. The van der Waals surface area contributed by atoms with Crippen LogP contribution in [0.1, 0.15) is 35.7 Å². The number of nitrogens with one attached hydrogen (secondary N) is 3. The molecule has 1 aliphatic heterocycles. The van der Waals surface area contributed by atoms with Crippen LogP contribution in [0.15, 0.2) is 42.5 Å². The van der Waals surface area contributed by atoms with Crippen LogP contribution >= 0.6 is 0 Å². The molecule has 0 atom stereocenters. The first kappa shape index (κ1) is 22.3. The Morgan fingerprint density at radius 3 is 2.55 bits per heavy atom. The molecular weight excluding hydrogens is 420 g/mol. The van der Waals surface area contributed by atoms with Gasteiger partial charge in [0.1, 0.15) is 0 Å². The van der Waals surface area contributed by atoms with Gasteiger partial charge in [0, 0.05) is 37.8 Å². The molecule has 164 valence electrons. The Bertz CT molecular complexity index is 1130. The van der Waals surface area contributed by atoms with Crippen LogP contribution in [0.2, 0.25) is 0 Å². The molecule has 0 radical (unpaired) electrons. The number of carbonyl (C=O) groups excluding carboxylic acids is 3. The van der Waals surface area contributed by atoms with Crippen LogP contribution in [0, 0.1) is 0 Å². The molecule has 1 fully saturated rings. The predicted molar refractivity (Wildman–Crippen MR) is 118 cm³/mol. The van der Waals surface area contributed by atoms with Gasteiger partial charge < -0.3 is 15.5 Å². The molecule has 1 saturated heterocycles. The smallest absolute Gasteiger partial charge is 0.253 e. The second-order valence-corrected chi connectivity index (χ2v) is 9.07. The Morgan fingerprint density at radius 2 is 1.90 bits per heavy atom. The lowest BCUT2D eigenvalue weighted by Crippen LogP contribution is -2.26. The molecule has 3 rings (SSSR count). The number of hydrogen-bond acceptors (Lipinski definition) is 5. The van der Waals surface area contributed by atoms with Crippen molar-refractivity contribution in [3.8, 4) is 0 Å². The fourth-order valence-electron chi connectivity index (χ4n) is 3.33. The summed E-state index contributed by atoms with van der Waals surface area (Å²) in [6, 6.07) is 11.7. The molecule has 0 aliphatic carbocycles. The van der Waals surface area contributed by atoms with Crippen LogP contribution in [-0.4, -0.2) is 38.9 Å². The third-order valence-corrected chi connectivity index (χ3v) is 5.22. The van der Waals surface area contributed by atoms with Crippen LogP contribution in [-0.2, 0) is 26.2 Å². The van der Waals surface area contributed by atoms with E-state index in [2.05, 4.69) is 15.4 Å². The predicted octanol–water partition coefficient (Wildman–Crippen LogP) is 2.07. The molecule has 0 unspecified atom stereocenters. The van der Waals surface area contributed by atoms with Gasteiger partial charge in [-0.05, 0) is 42.3 Å². The zero-order chi connectivity index (χ0) is 22.6. The highest BCUT2D eigenvalue weighted by atomic mass is 32.2. The Labute approximate surface area is 180 Å². The van der Waals surface area contributed by atoms with Crippen molar-refractivity contribution in [3.05, 3.63) is 53.6 Å². The average Bonchev–Trinajstić information content (AvgIpc) is 3.12. The third-order valence-electron chi connectivity index (χ3n) is 4.63. The van der Waals surface area contributed by atoms with Gasteiger partial charge in [-0.3, -0.25) is 19.1 Å². The molecule has 1 heterocycles. The number of anilines is 3. The largest absolute Gasteiger partial charge is 0.348 e. The fraction of sp³-hybridized carbons (Fsp3) is 0.286. The van der Waals surface area contributed by atoms with Crippen molar-refractivity contribution < 1.29 is 22.8 Å². The minimum absolute atomic E-state index is 0.0718. The maximum absolute atomic E-state index is 12.8. The van der Waals surface area contributed by atoms with Gasteiger partial charge >= 0.3 is 0 Å². The summed E-state index contributed by atoms with van der Waals surface area (Å²) < 4.78 is 25.6. The van der Waals surface area contributed by atoms with E-state index in [4.69, 9.17) is 0 Å². The van der Waals surface area contributed by atoms with E-state index in [1.165, 1.54) is 25.1 Å².